The Bertz CT molecular complexity index is 2850. The minimum Gasteiger partial charge on any atom is -0.508 e. The van der Waals surface area contributed by atoms with Crippen molar-refractivity contribution in [2.75, 3.05) is 18.8 Å². The monoisotopic (exact) mass is 1170 g/mol. The molecule has 0 fully saturated rings. The Labute approximate surface area is 472 Å². The van der Waals surface area contributed by atoms with E-state index in [1.54, 1.807) is 30.5 Å². The Morgan fingerprint density at radius 3 is 1.59 bits per heavy atom. The number of phenolic OH excluding ortho intramolecular Hbond substituents is 1. The molecule has 446 valence electrons. The Hall–Kier alpha value is -9.53. The molecule has 1 heterocycles. The Balaban J connectivity index is 1.97. The molecule has 0 saturated carbocycles. The number of primary amides is 2. The van der Waals surface area contributed by atoms with Gasteiger partial charge in [-0.15, -0.1) is 0 Å². The van der Waals surface area contributed by atoms with Crippen LogP contribution in [0.5, 0.6) is 5.75 Å². The number of nitrogens with zero attached hydrogens (tertiary/aromatic N) is 1. The summed E-state index contributed by atoms with van der Waals surface area (Å²) in [5, 5.41) is 57.3. The summed E-state index contributed by atoms with van der Waals surface area (Å²) in [6, 6.07) is -0.997. The second kappa shape index (κ2) is 33.2. The molecule has 1 aromatic heterocycles. The van der Waals surface area contributed by atoms with Crippen LogP contribution in [0.4, 0.5) is 0 Å². The largest absolute Gasteiger partial charge is 0.508 e. The smallest absolute Gasteiger partial charge is 0.327 e. The van der Waals surface area contributed by atoms with Gasteiger partial charge in [0.1, 0.15) is 48.0 Å². The first kappa shape index (κ1) is 66.7. The fourth-order valence-corrected chi connectivity index (χ4v) is 7.96. The summed E-state index contributed by atoms with van der Waals surface area (Å²) in [6.45, 7) is -0.932. The van der Waals surface area contributed by atoms with Crippen molar-refractivity contribution in [3.05, 3.63) is 65.9 Å². The second-order valence-corrected chi connectivity index (χ2v) is 18.8. The fraction of sp³-hybridized carbons (Fsp3) is 0.429. The molecule has 3 aromatic rings. The number of benzene rings is 2. The van der Waals surface area contributed by atoms with Crippen LogP contribution < -0.4 is 71.2 Å². The number of hydrogen-bond acceptors (Lipinski definition) is 17. The molecular weight excluding hydrogens is 1100 g/mol. The number of amides is 10. The molecule has 0 spiro atoms. The van der Waals surface area contributed by atoms with Crippen molar-refractivity contribution in [3.63, 3.8) is 0 Å². The van der Waals surface area contributed by atoms with Gasteiger partial charge < -0.3 is 96.6 Å². The highest BCUT2D eigenvalue weighted by atomic mass is 32.1. The SMILES string of the molecule is NC(=O)CC[C@H](NC(=O)[C@H](CC(=O)O)NC(=O)[C@H](CCC(N)=O)NC(=O)[C@@H](N)CC(=O)O)C(=O)N[C@@H](CCCN=C(N)N)C(=O)N[C@@H](Cc1c[nH]c2ccccc12)C(=O)NCC(=O)N[C@@H](Cc1ccc(O)cc1)C(=O)N[C@@H](CS)C(=O)O. The third-order valence-electron chi connectivity index (χ3n) is 11.9. The number of thiol groups is 1. The molecular formula is C49H67N15O17S. The summed E-state index contributed by atoms with van der Waals surface area (Å²) < 4.78 is 0. The molecule has 0 bridgehead atoms. The van der Waals surface area contributed by atoms with Gasteiger partial charge in [0, 0.05) is 55.1 Å². The number of hydrogen-bond donors (Lipinski definition) is 19. The molecule has 8 atom stereocenters. The number of rotatable bonds is 36. The molecule has 0 aliphatic rings. The quantitative estimate of drug-likeness (QED) is 0.0112. The van der Waals surface area contributed by atoms with Gasteiger partial charge in [-0.2, -0.15) is 12.6 Å². The summed E-state index contributed by atoms with van der Waals surface area (Å²) >= 11 is 3.96. The van der Waals surface area contributed by atoms with Crippen molar-refractivity contribution in [2.24, 2.45) is 33.7 Å². The minimum atomic E-state index is -2.07. The lowest BCUT2D eigenvalue weighted by atomic mass is 10.0. The molecule has 10 amide bonds. The van der Waals surface area contributed by atoms with Crippen molar-refractivity contribution in [1.29, 1.82) is 0 Å². The van der Waals surface area contributed by atoms with Gasteiger partial charge in [0.15, 0.2) is 5.96 Å². The van der Waals surface area contributed by atoms with E-state index in [0.29, 0.717) is 22.0 Å². The van der Waals surface area contributed by atoms with Crippen LogP contribution in [0.3, 0.4) is 0 Å². The van der Waals surface area contributed by atoms with Crippen LogP contribution in [-0.2, 0) is 75.2 Å². The lowest BCUT2D eigenvalue weighted by Gasteiger charge is -2.27. The van der Waals surface area contributed by atoms with Gasteiger partial charge in [0.05, 0.1) is 25.4 Å². The van der Waals surface area contributed by atoms with E-state index in [4.69, 9.17) is 33.8 Å². The first-order valence-corrected chi connectivity index (χ1v) is 25.7. The predicted molar refractivity (Wildman–Crippen MR) is 291 cm³/mol. The van der Waals surface area contributed by atoms with Crippen molar-refractivity contribution < 1.29 is 82.8 Å². The number of aromatic nitrogens is 1. The molecule has 0 aliphatic carbocycles. The number of nitrogens with one attached hydrogen (secondary N) is 9. The summed E-state index contributed by atoms with van der Waals surface area (Å²) in [5.74, 6) is -16.2. The van der Waals surface area contributed by atoms with E-state index in [1.165, 1.54) is 24.3 Å². The zero-order chi connectivity index (χ0) is 61.2. The predicted octanol–water partition coefficient (Wildman–Crippen LogP) is -5.96. The summed E-state index contributed by atoms with van der Waals surface area (Å²) in [6.07, 6.45) is -3.58. The summed E-state index contributed by atoms with van der Waals surface area (Å²) in [4.78, 5) is 175. The Morgan fingerprint density at radius 2 is 1.05 bits per heavy atom. The molecule has 3 rings (SSSR count). The average Bonchev–Trinajstić information content (AvgIpc) is 3.90. The second-order valence-electron chi connectivity index (χ2n) is 18.4. The van der Waals surface area contributed by atoms with Crippen molar-refractivity contribution in [1.82, 2.24) is 47.5 Å². The number of nitrogens with two attached hydrogens (primary N) is 5. The molecule has 82 heavy (non-hydrogen) atoms. The molecule has 33 heteroatoms. The number of aliphatic imine (C=N–C) groups is 1. The zero-order valence-corrected chi connectivity index (χ0v) is 44.8. The molecule has 0 saturated heterocycles. The number of guanidine groups is 1. The normalized spacial score (nSPS) is 13.8. The van der Waals surface area contributed by atoms with Gasteiger partial charge in [-0.25, -0.2) is 4.79 Å². The van der Waals surface area contributed by atoms with Crippen molar-refractivity contribution in [3.8, 4) is 5.75 Å². The number of carboxylic acid groups (broad SMARTS) is 3. The van der Waals surface area contributed by atoms with Gasteiger partial charge in [-0.1, -0.05) is 30.3 Å². The number of aromatic hydroxyl groups is 1. The number of H-pyrrole nitrogens is 1. The highest BCUT2D eigenvalue weighted by Gasteiger charge is 2.35. The third-order valence-corrected chi connectivity index (χ3v) is 12.3. The molecule has 2 aromatic carbocycles. The number of carbonyl (C=O) groups excluding carboxylic acids is 10. The van der Waals surface area contributed by atoms with E-state index in [-0.39, 0.29) is 49.7 Å². The minimum absolute atomic E-state index is 0.0322. The van der Waals surface area contributed by atoms with E-state index < -0.39 is 170 Å². The van der Waals surface area contributed by atoms with Gasteiger partial charge in [0.25, 0.3) is 0 Å². The van der Waals surface area contributed by atoms with E-state index in [1.807, 2.05) is 0 Å². The van der Waals surface area contributed by atoms with Gasteiger partial charge >= 0.3 is 17.9 Å². The van der Waals surface area contributed by atoms with Crippen LogP contribution in [-0.4, -0.2) is 176 Å². The first-order valence-electron chi connectivity index (χ1n) is 25.0. The lowest BCUT2D eigenvalue weighted by molar-refractivity contribution is -0.142. The van der Waals surface area contributed by atoms with Crippen LogP contribution in [0.25, 0.3) is 10.9 Å². The van der Waals surface area contributed by atoms with E-state index in [0.717, 1.165) is 0 Å². The number of aromatic amines is 1. The lowest BCUT2D eigenvalue weighted by Crippen LogP contribution is -2.60. The van der Waals surface area contributed by atoms with Crippen LogP contribution in [0.2, 0.25) is 0 Å². The third kappa shape index (κ3) is 23.4. The maximum Gasteiger partial charge on any atom is 0.327 e. The van der Waals surface area contributed by atoms with Crippen LogP contribution in [0.15, 0.2) is 59.7 Å². The Kier molecular flexibility index (Phi) is 27.0. The number of carboxylic acids is 3. The van der Waals surface area contributed by atoms with Gasteiger partial charge in [-0.3, -0.25) is 62.5 Å². The average molecular weight is 1170 g/mol. The number of fused-ring (bicyclic) bond motifs is 1. The first-order chi connectivity index (χ1) is 38.7. The maximum atomic E-state index is 14.5. The summed E-state index contributed by atoms with van der Waals surface area (Å²) in [5.41, 5.74) is 28.7. The highest BCUT2D eigenvalue weighted by Crippen LogP contribution is 2.20. The van der Waals surface area contributed by atoms with E-state index >= 15 is 0 Å². The van der Waals surface area contributed by atoms with E-state index in [9.17, 15) is 77.6 Å². The van der Waals surface area contributed by atoms with Crippen LogP contribution in [0, 0.1) is 0 Å². The van der Waals surface area contributed by atoms with Crippen LogP contribution in [0.1, 0.15) is 62.5 Å². The zero-order valence-electron chi connectivity index (χ0n) is 43.9. The van der Waals surface area contributed by atoms with Crippen molar-refractivity contribution in [2.45, 2.75) is 113 Å². The van der Waals surface area contributed by atoms with Gasteiger partial charge in [0.2, 0.25) is 59.1 Å². The molecule has 0 aliphatic heterocycles. The number of para-hydroxylation sites is 1. The molecule has 0 radical (unpaired) electrons. The Morgan fingerprint density at radius 1 is 0.561 bits per heavy atom. The van der Waals surface area contributed by atoms with E-state index in [2.05, 4.69) is 65.1 Å². The number of carbonyl (C=O) groups is 13. The molecule has 32 nitrogen and oxygen atoms in total. The van der Waals surface area contributed by atoms with Crippen LogP contribution >= 0.6 is 12.6 Å². The summed E-state index contributed by atoms with van der Waals surface area (Å²) in [7, 11) is 0. The molecule has 0 unspecified atom stereocenters. The number of aliphatic carboxylic acids is 3. The number of phenols is 1. The molecule has 23 N–H and O–H groups in total. The topological polar surface area (TPSA) is 557 Å². The standard InChI is InChI=1S/C49H67N15O17S/c50-27(18-39(69)70)41(73)59-30(11-13-36(51)66)45(77)63-34(19-40(71)72)47(79)61-31(12-14-37(52)67)44(76)60-29(6-3-15-55-49(53)54)43(75)62-33(17-24-20-56-28-5-2-1-4-26(24)28)42(74)57-21-38(68)58-32(16-23-7-9-25(65)10-8-23)46(78)64-35(22-82)48(80)81/h1-2,4-5,7-10,20,27,29-35,56,65,82H,3,6,11-19,21-22,50H2,(H2,51,66)(H2,52,67)(H,57,74)(H,58,68)(H,59,73)(H,60,76)(H,61,79)(H,62,75)(H,63,77)(H,64,78)(H,69,70)(H,71,72)(H,80,81)(H4,53,54,55)/t27-,29-,30-,31-,32-,33-,34-,35-/m0/s1. The van der Waals surface area contributed by atoms with Gasteiger partial charge in [-0.05, 0) is 55.0 Å². The highest BCUT2D eigenvalue weighted by molar-refractivity contribution is 7.80. The van der Waals surface area contributed by atoms with Crippen molar-refractivity contribution >= 4 is 106 Å². The fourth-order valence-electron chi connectivity index (χ4n) is 7.72. The maximum absolute atomic E-state index is 14.5.